The summed E-state index contributed by atoms with van der Waals surface area (Å²) in [4.78, 5) is 30.4. The molecule has 1 atom stereocenters. The molecule has 0 N–H and O–H groups in total. The van der Waals surface area contributed by atoms with Crippen molar-refractivity contribution in [1.29, 1.82) is 0 Å². The van der Waals surface area contributed by atoms with E-state index >= 15 is 0 Å². The second-order valence-electron chi connectivity index (χ2n) is 6.99. The van der Waals surface area contributed by atoms with E-state index in [4.69, 9.17) is 4.74 Å². The van der Waals surface area contributed by atoms with Gasteiger partial charge in [-0.25, -0.2) is 19.9 Å². The van der Waals surface area contributed by atoms with E-state index in [9.17, 15) is 18.0 Å². The molecular formula is C21H18F3N5O2. The molecule has 0 radical (unpaired) electrons. The third-order valence-corrected chi connectivity index (χ3v) is 4.84. The van der Waals surface area contributed by atoms with Gasteiger partial charge in [0.2, 0.25) is 5.88 Å². The summed E-state index contributed by atoms with van der Waals surface area (Å²) in [6, 6.07) is 8.80. The highest BCUT2D eigenvalue weighted by Crippen LogP contribution is 2.28. The molecule has 31 heavy (non-hydrogen) atoms. The Morgan fingerprint density at radius 2 is 1.81 bits per heavy atom. The van der Waals surface area contributed by atoms with Crippen LogP contribution in [0, 0.1) is 0 Å². The molecule has 3 aromatic rings. The van der Waals surface area contributed by atoms with Crippen LogP contribution >= 0.6 is 0 Å². The van der Waals surface area contributed by atoms with Gasteiger partial charge in [-0.2, -0.15) is 13.2 Å². The second-order valence-corrected chi connectivity index (χ2v) is 6.99. The van der Waals surface area contributed by atoms with Crippen molar-refractivity contribution in [2.75, 3.05) is 13.1 Å². The minimum atomic E-state index is -4.56. The summed E-state index contributed by atoms with van der Waals surface area (Å²) in [5.74, 6) is 0.261. The van der Waals surface area contributed by atoms with E-state index in [2.05, 4.69) is 19.9 Å². The maximum atomic E-state index is 13.2. The van der Waals surface area contributed by atoms with E-state index in [1.54, 1.807) is 41.6 Å². The highest BCUT2D eigenvalue weighted by Gasteiger charge is 2.33. The smallest absolute Gasteiger partial charge is 0.434 e. The van der Waals surface area contributed by atoms with Crippen molar-refractivity contribution < 1.29 is 22.7 Å². The minimum Gasteiger partial charge on any atom is -0.471 e. The summed E-state index contributed by atoms with van der Waals surface area (Å²) >= 11 is 0. The fourth-order valence-corrected chi connectivity index (χ4v) is 3.39. The number of aromatic nitrogens is 4. The van der Waals surface area contributed by atoms with Crippen LogP contribution in [0.25, 0.3) is 11.4 Å². The number of amides is 1. The first kappa shape index (κ1) is 20.7. The third-order valence-electron chi connectivity index (χ3n) is 4.84. The Kier molecular flexibility index (Phi) is 5.79. The lowest BCUT2D eigenvalue weighted by Gasteiger charge is -2.33. The van der Waals surface area contributed by atoms with Crippen LogP contribution in [0.1, 0.15) is 28.9 Å². The van der Waals surface area contributed by atoms with Gasteiger partial charge in [-0.05, 0) is 25.0 Å². The molecule has 1 saturated heterocycles. The second kappa shape index (κ2) is 8.66. The Labute approximate surface area is 176 Å². The van der Waals surface area contributed by atoms with Crippen molar-refractivity contribution in [3.63, 3.8) is 0 Å². The van der Waals surface area contributed by atoms with Crippen LogP contribution in [-0.4, -0.2) is 49.9 Å². The van der Waals surface area contributed by atoms with Crippen molar-refractivity contribution in [2.45, 2.75) is 25.1 Å². The zero-order valence-corrected chi connectivity index (χ0v) is 16.3. The Balaban J connectivity index is 1.48. The summed E-state index contributed by atoms with van der Waals surface area (Å²) in [6.45, 7) is 0.826. The molecule has 10 heteroatoms. The Morgan fingerprint density at radius 1 is 1.03 bits per heavy atom. The monoisotopic (exact) mass is 429 g/mol. The SMILES string of the molecule is O=C(c1ccccc1-c1ncccn1)N1CCC[C@@H](Oc2cnc(C(F)(F)F)cn2)C1. The predicted octanol–water partition coefficient (Wildman–Crippen LogP) is 3.64. The zero-order valence-electron chi connectivity index (χ0n) is 16.3. The van der Waals surface area contributed by atoms with Gasteiger partial charge in [0, 0.05) is 24.5 Å². The van der Waals surface area contributed by atoms with Crippen molar-refractivity contribution in [1.82, 2.24) is 24.8 Å². The van der Waals surface area contributed by atoms with Crippen LogP contribution in [0.5, 0.6) is 5.88 Å². The molecule has 1 fully saturated rings. The van der Waals surface area contributed by atoms with Crippen LogP contribution < -0.4 is 4.74 Å². The van der Waals surface area contributed by atoms with Gasteiger partial charge in [-0.15, -0.1) is 0 Å². The number of rotatable bonds is 4. The molecular weight excluding hydrogens is 411 g/mol. The number of carbonyl (C=O) groups excluding carboxylic acids is 1. The number of benzene rings is 1. The van der Waals surface area contributed by atoms with Crippen molar-refractivity contribution in [2.24, 2.45) is 0 Å². The van der Waals surface area contributed by atoms with E-state index in [0.717, 1.165) is 6.20 Å². The van der Waals surface area contributed by atoms with Crippen LogP contribution in [0.2, 0.25) is 0 Å². The van der Waals surface area contributed by atoms with Gasteiger partial charge < -0.3 is 9.64 Å². The first-order valence-corrected chi connectivity index (χ1v) is 9.63. The molecule has 0 saturated carbocycles. The average molecular weight is 429 g/mol. The highest BCUT2D eigenvalue weighted by atomic mass is 19.4. The lowest BCUT2D eigenvalue weighted by Crippen LogP contribution is -2.44. The fraction of sp³-hybridized carbons (Fsp3) is 0.286. The largest absolute Gasteiger partial charge is 0.471 e. The van der Waals surface area contributed by atoms with Crippen LogP contribution in [-0.2, 0) is 6.18 Å². The van der Waals surface area contributed by atoms with Gasteiger partial charge >= 0.3 is 6.18 Å². The molecule has 0 aliphatic carbocycles. The maximum Gasteiger partial charge on any atom is 0.434 e. The molecule has 3 heterocycles. The summed E-state index contributed by atoms with van der Waals surface area (Å²) in [5.41, 5.74) is 0.0217. The predicted molar refractivity (Wildman–Crippen MR) is 104 cm³/mol. The molecule has 2 aromatic heterocycles. The number of alkyl halides is 3. The number of nitrogens with zero attached hydrogens (tertiary/aromatic N) is 5. The molecule has 7 nitrogen and oxygen atoms in total. The van der Waals surface area contributed by atoms with Gasteiger partial charge in [0.1, 0.15) is 6.10 Å². The van der Waals surface area contributed by atoms with Gasteiger partial charge in [-0.1, -0.05) is 18.2 Å². The van der Waals surface area contributed by atoms with E-state index in [1.807, 2.05) is 6.07 Å². The minimum absolute atomic E-state index is 0.00890. The molecule has 1 aliphatic rings. The van der Waals surface area contributed by atoms with Gasteiger partial charge in [0.25, 0.3) is 5.91 Å². The van der Waals surface area contributed by atoms with Crippen LogP contribution in [0.4, 0.5) is 13.2 Å². The first-order chi connectivity index (χ1) is 14.9. The number of carbonyl (C=O) groups is 1. The zero-order chi connectivity index (χ0) is 21.8. The fourth-order valence-electron chi connectivity index (χ4n) is 3.39. The molecule has 160 valence electrons. The molecule has 0 unspecified atom stereocenters. The Hall–Kier alpha value is -3.56. The van der Waals surface area contributed by atoms with Gasteiger partial charge in [0.05, 0.1) is 24.5 Å². The van der Waals surface area contributed by atoms with Crippen molar-refractivity contribution in [3.8, 4) is 17.3 Å². The maximum absolute atomic E-state index is 13.2. The molecule has 0 bridgehead atoms. The normalized spacial score (nSPS) is 16.7. The topological polar surface area (TPSA) is 81.1 Å². The lowest BCUT2D eigenvalue weighted by molar-refractivity contribution is -0.141. The number of hydrogen-bond donors (Lipinski definition) is 0. The summed E-state index contributed by atoms with van der Waals surface area (Å²) in [6.07, 6.45) is 1.19. The van der Waals surface area contributed by atoms with Crippen LogP contribution in [0.3, 0.4) is 0 Å². The number of hydrogen-bond acceptors (Lipinski definition) is 6. The third kappa shape index (κ3) is 4.79. The lowest BCUT2D eigenvalue weighted by atomic mass is 10.0. The van der Waals surface area contributed by atoms with E-state index in [-0.39, 0.29) is 18.3 Å². The molecule has 1 amide bonds. The van der Waals surface area contributed by atoms with Crippen molar-refractivity contribution >= 4 is 5.91 Å². The summed E-state index contributed by atoms with van der Waals surface area (Å²) in [7, 11) is 0. The Morgan fingerprint density at radius 3 is 2.52 bits per heavy atom. The van der Waals surface area contributed by atoms with E-state index in [1.165, 1.54) is 0 Å². The molecule has 1 aromatic carbocycles. The number of likely N-dealkylation sites (tertiary alicyclic amines) is 1. The van der Waals surface area contributed by atoms with Crippen LogP contribution in [0.15, 0.2) is 55.1 Å². The standard InChI is InChI=1S/C21H18F3N5O2/c22-21(23,24)17-11-28-18(12-27-17)31-14-5-3-10-29(13-14)20(30)16-7-2-1-6-15(16)19-25-8-4-9-26-19/h1-2,4,6-9,11-12,14H,3,5,10,13H2/t14-/m1/s1. The Bertz CT molecular complexity index is 1040. The van der Waals surface area contributed by atoms with E-state index in [0.29, 0.717) is 42.5 Å². The quantitative estimate of drug-likeness (QED) is 0.630. The van der Waals surface area contributed by atoms with Gasteiger partial charge in [0.15, 0.2) is 11.5 Å². The highest BCUT2D eigenvalue weighted by molar-refractivity contribution is 6.00. The summed E-state index contributed by atoms with van der Waals surface area (Å²) in [5, 5.41) is 0. The van der Waals surface area contributed by atoms with Gasteiger partial charge in [-0.3, -0.25) is 4.79 Å². The number of ether oxygens (including phenoxy) is 1. The number of piperidine rings is 1. The average Bonchev–Trinajstić information content (AvgIpc) is 2.79. The van der Waals surface area contributed by atoms with E-state index < -0.39 is 18.0 Å². The molecule has 4 rings (SSSR count). The summed E-state index contributed by atoms with van der Waals surface area (Å²) < 4.78 is 43.6. The number of halogens is 3. The molecule has 0 spiro atoms. The first-order valence-electron chi connectivity index (χ1n) is 9.63. The van der Waals surface area contributed by atoms with Crippen molar-refractivity contribution in [3.05, 3.63) is 66.4 Å². The molecule has 1 aliphatic heterocycles.